The number of benzene rings is 3. The fourth-order valence-electron chi connectivity index (χ4n) is 9.65. The molecule has 4 heterocycles. The van der Waals surface area contributed by atoms with Gasteiger partial charge in [0.25, 0.3) is 11.8 Å². The Balaban J connectivity index is 0.768. The molecular formula is C54H72N9O9PS. The number of nitrogens with one attached hydrogen (secondary N) is 5. The average Bonchev–Trinajstić information content (AvgIpc) is 4.18. The molecule has 7 N–H and O–H groups in total. The zero-order valence-electron chi connectivity index (χ0n) is 43.2. The highest BCUT2D eigenvalue weighted by molar-refractivity contribution is 7.46. The Hall–Kier alpha value is -5.82. The molecule has 74 heavy (non-hydrogen) atoms. The molecule has 2 aliphatic rings. The highest BCUT2D eigenvalue weighted by atomic mass is 32.1. The van der Waals surface area contributed by atoms with Gasteiger partial charge in [-0.1, -0.05) is 83.6 Å². The second kappa shape index (κ2) is 25.6. The number of likely N-dealkylation sites (tertiary alicyclic amines) is 2. The number of unbranched alkanes of at least 4 members (excludes halogenated alkanes) is 7. The van der Waals surface area contributed by atoms with E-state index in [0.717, 1.165) is 96.6 Å². The molecule has 0 spiro atoms. The Bertz CT molecular complexity index is 2770. The number of phosphoric ester groups is 1. The summed E-state index contributed by atoms with van der Waals surface area (Å²) in [6, 6.07) is 18.4. The van der Waals surface area contributed by atoms with Crippen molar-refractivity contribution in [1.29, 1.82) is 0 Å². The Morgan fingerprint density at radius 2 is 1.57 bits per heavy atom. The number of aromatic amines is 1. The van der Waals surface area contributed by atoms with E-state index in [0.29, 0.717) is 35.8 Å². The third kappa shape index (κ3) is 15.9. The first-order valence-corrected chi connectivity index (χ1v) is 28.3. The first-order chi connectivity index (χ1) is 35.3. The SMILES string of the molecule is Cc1ncsc1-c1ccc(CNC(=O)C2CC(OP(=O)(O)O)CN2C(=O)C(NC(=O)CCCCCCCCCCNC(=O)c2ccc(C(=O)Nc3ccc4nc(CN5CCCC5C)[nH]c4c3)cc2)C(C)(C)C)cc1. The maximum absolute atomic E-state index is 14.2. The summed E-state index contributed by atoms with van der Waals surface area (Å²) in [5, 5.41) is 11.7. The summed E-state index contributed by atoms with van der Waals surface area (Å²) in [4.78, 5) is 103. The van der Waals surface area contributed by atoms with Crippen molar-refractivity contribution in [3.8, 4) is 10.4 Å². The van der Waals surface area contributed by atoms with E-state index in [-0.39, 0.29) is 43.7 Å². The van der Waals surface area contributed by atoms with Crippen LogP contribution in [0.4, 0.5) is 5.69 Å². The number of carbonyl (C=O) groups is 5. The van der Waals surface area contributed by atoms with Gasteiger partial charge in [0.15, 0.2) is 0 Å². The van der Waals surface area contributed by atoms with Gasteiger partial charge in [-0.2, -0.15) is 0 Å². The molecule has 398 valence electrons. The summed E-state index contributed by atoms with van der Waals surface area (Å²) in [6.45, 7) is 11.9. The zero-order chi connectivity index (χ0) is 53.0. The largest absolute Gasteiger partial charge is 0.469 e. The lowest BCUT2D eigenvalue weighted by Crippen LogP contribution is -2.57. The molecule has 7 rings (SSSR count). The molecule has 0 aliphatic carbocycles. The third-order valence-electron chi connectivity index (χ3n) is 13.8. The lowest BCUT2D eigenvalue weighted by atomic mass is 9.85. The lowest BCUT2D eigenvalue weighted by Gasteiger charge is -2.35. The number of amides is 5. The van der Waals surface area contributed by atoms with E-state index in [2.05, 4.69) is 43.1 Å². The predicted octanol–water partition coefficient (Wildman–Crippen LogP) is 8.40. The van der Waals surface area contributed by atoms with Gasteiger partial charge in [0.1, 0.15) is 17.9 Å². The number of aryl methyl sites for hydroxylation is 1. The first kappa shape index (κ1) is 55.9. The number of hydrogen-bond acceptors (Lipinski definition) is 11. The lowest BCUT2D eigenvalue weighted by molar-refractivity contribution is -0.144. The smallest absolute Gasteiger partial charge is 0.352 e. The molecule has 2 aromatic heterocycles. The summed E-state index contributed by atoms with van der Waals surface area (Å²) in [5.74, 6) is -0.863. The number of aromatic nitrogens is 3. The highest BCUT2D eigenvalue weighted by Gasteiger charge is 2.46. The molecule has 2 saturated heterocycles. The minimum atomic E-state index is -4.93. The molecule has 3 aromatic carbocycles. The maximum atomic E-state index is 14.2. The van der Waals surface area contributed by atoms with Gasteiger partial charge in [-0.25, -0.2) is 14.5 Å². The summed E-state index contributed by atoms with van der Waals surface area (Å²) < 4.78 is 16.8. The van der Waals surface area contributed by atoms with Crippen LogP contribution >= 0.6 is 19.2 Å². The van der Waals surface area contributed by atoms with Crippen molar-refractivity contribution in [1.82, 2.24) is 40.7 Å². The van der Waals surface area contributed by atoms with Crippen molar-refractivity contribution in [2.45, 2.75) is 149 Å². The number of imidazole rings is 1. The van der Waals surface area contributed by atoms with E-state index >= 15 is 0 Å². The Labute approximate surface area is 437 Å². The van der Waals surface area contributed by atoms with Crippen LogP contribution in [0.5, 0.6) is 0 Å². The van der Waals surface area contributed by atoms with E-state index in [1.54, 1.807) is 41.1 Å². The van der Waals surface area contributed by atoms with Gasteiger partial charge in [-0.05, 0) is 105 Å². The van der Waals surface area contributed by atoms with Crippen molar-refractivity contribution >= 4 is 65.4 Å². The van der Waals surface area contributed by atoms with Crippen LogP contribution in [0.3, 0.4) is 0 Å². The van der Waals surface area contributed by atoms with E-state index in [1.807, 2.05) is 70.2 Å². The van der Waals surface area contributed by atoms with E-state index < -0.39 is 43.2 Å². The van der Waals surface area contributed by atoms with Crippen molar-refractivity contribution in [3.05, 3.63) is 100 Å². The monoisotopic (exact) mass is 1050 g/mol. The summed E-state index contributed by atoms with van der Waals surface area (Å²) in [6.07, 6.45) is 8.65. The average molecular weight is 1050 g/mol. The number of H-pyrrole nitrogens is 1. The van der Waals surface area contributed by atoms with Gasteiger partial charge in [0.05, 0.1) is 39.8 Å². The number of rotatable bonds is 24. The molecule has 18 nitrogen and oxygen atoms in total. The minimum Gasteiger partial charge on any atom is -0.352 e. The number of nitrogens with zero attached hydrogens (tertiary/aromatic N) is 4. The van der Waals surface area contributed by atoms with Crippen LogP contribution in [0.25, 0.3) is 21.5 Å². The van der Waals surface area contributed by atoms with Gasteiger partial charge in [-0.3, -0.25) is 33.4 Å². The quantitative estimate of drug-likeness (QED) is 0.0227. The van der Waals surface area contributed by atoms with Crippen LogP contribution in [0.2, 0.25) is 0 Å². The van der Waals surface area contributed by atoms with E-state index in [4.69, 9.17) is 9.51 Å². The van der Waals surface area contributed by atoms with Gasteiger partial charge in [0, 0.05) is 55.3 Å². The molecule has 5 aromatic rings. The molecule has 20 heteroatoms. The zero-order valence-corrected chi connectivity index (χ0v) is 44.9. The van der Waals surface area contributed by atoms with Crippen LogP contribution in [-0.2, 0) is 36.6 Å². The summed E-state index contributed by atoms with van der Waals surface area (Å²) in [7, 11) is -4.93. The molecule has 5 amide bonds. The molecule has 0 radical (unpaired) electrons. The van der Waals surface area contributed by atoms with E-state index in [9.17, 15) is 38.3 Å². The standard InChI is InChI=1S/C54H72N9O9PS/c1-35-15-14-28-62(35)33-46-59-43-26-25-41(29-44(43)60-46)58-51(66)40-23-21-39(22-24-40)50(65)55-27-13-11-9-7-6-8-10-12-16-47(64)61-49(54(3,4)5)53(68)63-32-42(72-73(69,70)71)30-45(63)52(67)56-31-37-17-19-38(20-18-37)48-36(2)57-34-74-48/h17-26,29,34-35,42,45,49H,6-16,27-28,30-33H2,1-5H3,(H,55,65)(H,56,67)(H,58,66)(H,59,60)(H,61,64)(H2,69,70,71). The normalized spacial score (nSPS) is 17.6. The van der Waals surface area contributed by atoms with Gasteiger partial charge in [-0.15, -0.1) is 11.3 Å². The minimum absolute atomic E-state index is 0.126. The Kier molecular flexibility index (Phi) is 19.4. The second-order valence-corrected chi connectivity index (χ2v) is 22.8. The fourth-order valence-corrected chi connectivity index (χ4v) is 11.0. The number of phosphoric acid groups is 1. The topological polar surface area (TPSA) is 248 Å². The van der Waals surface area contributed by atoms with E-state index in [1.165, 1.54) is 17.7 Å². The third-order valence-corrected chi connectivity index (χ3v) is 15.4. The van der Waals surface area contributed by atoms with Crippen LogP contribution < -0.4 is 21.3 Å². The number of thiazole rings is 1. The second-order valence-electron chi connectivity index (χ2n) is 20.8. The predicted molar refractivity (Wildman–Crippen MR) is 286 cm³/mol. The fraction of sp³-hybridized carbons (Fsp3) is 0.500. The molecule has 2 aliphatic heterocycles. The summed E-state index contributed by atoms with van der Waals surface area (Å²) >= 11 is 1.54. The van der Waals surface area contributed by atoms with Crippen molar-refractivity contribution in [2.24, 2.45) is 5.41 Å². The van der Waals surface area contributed by atoms with Crippen LogP contribution in [-0.4, -0.2) is 108 Å². The van der Waals surface area contributed by atoms with Crippen molar-refractivity contribution in [2.75, 3.05) is 25.0 Å². The molecule has 4 atom stereocenters. The summed E-state index contributed by atoms with van der Waals surface area (Å²) in [5.41, 5.74) is 7.10. The number of hydrogen-bond donors (Lipinski definition) is 7. The van der Waals surface area contributed by atoms with Gasteiger partial charge < -0.3 is 40.9 Å². The van der Waals surface area contributed by atoms with Gasteiger partial charge >= 0.3 is 7.82 Å². The Morgan fingerprint density at radius 1 is 0.892 bits per heavy atom. The number of anilines is 1. The number of fused-ring (bicyclic) bond motifs is 1. The van der Waals surface area contributed by atoms with Crippen LogP contribution in [0.15, 0.2) is 72.2 Å². The Morgan fingerprint density at radius 3 is 2.20 bits per heavy atom. The van der Waals surface area contributed by atoms with Gasteiger partial charge in [0.2, 0.25) is 17.7 Å². The molecular weight excluding hydrogens is 982 g/mol. The van der Waals surface area contributed by atoms with Crippen LogP contribution in [0, 0.1) is 12.3 Å². The van der Waals surface area contributed by atoms with Crippen molar-refractivity contribution in [3.63, 3.8) is 0 Å². The number of carbonyl (C=O) groups excluding carboxylic acids is 5. The van der Waals surface area contributed by atoms with Crippen molar-refractivity contribution < 1.29 is 42.8 Å². The molecule has 0 bridgehead atoms. The molecule has 0 saturated carbocycles. The maximum Gasteiger partial charge on any atom is 0.469 e. The molecule has 2 fully saturated rings. The first-order valence-electron chi connectivity index (χ1n) is 25.8. The highest BCUT2D eigenvalue weighted by Crippen LogP contribution is 2.41. The van der Waals surface area contributed by atoms with Crippen LogP contribution in [0.1, 0.15) is 143 Å². The molecule has 4 unspecified atom stereocenters.